The number of hydrogen-bond acceptors (Lipinski definition) is 5. The minimum Gasteiger partial charge on any atom is -0.464 e. The molecule has 0 saturated carbocycles. The Labute approximate surface area is 149 Å². The topological polar surface area (TPSA) is 74.3 Å². The number of ether oxygens (including phenoxy) is 1. The fourth-order valence-electron chi connectivity index (χ4n) is 3.02. The van der Waals surface area contributed by atoms with Crippen LogP contribution >= 0.6 is 0 Å². The Bertz CT molecular complexity index is 1110. The van der Waals surface area contributed by atoms with Gasteiger partial charge in [0.1, 0.15) is 0 Å². The number of hydrogen-bond donors (Lipinski definition) is 0. The number of nitrogens with zero attached hydrogens (tertiary/aromatic N) is 5. The molecule has 0 aliphatic carbocycles. The van der Waals surface area contributed by atoms with Gasteiger partial charge in [0.2, 0.25) is 0 Å². The highest BCUT2D eigenvalue weighted by Crippen LogP contribution is 2.28. The summed E-state index contributed by atoms with van der Waals surface area (Å²) in [6.07, 6.45) is 3.60. The third kappa shape index (κ3) is 2.54. The molecular weight excluding hydrogens is 330 g/mol. The average molecular weight is 347 g/mol. The third-order valence-corrected chi connectivity index (χ3v) is 4.24. The number of aryl methyl sites for hydroxylation is 2. The number of carbonyl (C=O) groups is 1. The van der Waals surface area contributed by atoms with Crippen LogP contribution in [0, 0.1) is 6.92 Å². The lowest BCUT2D eigenvalue weighted by Gasteiger charge is -2.07. The molecule has 3 heterocycles. The lowest BCUT2D eigenvalue weighted by molar-refractivity contribution is 0.0590. The standard InChI is InChI=1S/C19H17N5O2/c1-12-15(11-23(2)22-12)16-9-17(19(25)26-3)24-18(21-16)14(10-20-24)13-7-5-4-6-8-13/h4-11H,1-3H3. The summed E-state index contributed by atoms with van der Waals surface area (Å²) in [6, 6.07) is 11.5. The van der Waals surface area contributed by atoms with Crippen molar-refractivity contribution in [3.8, 4) is 22.4 Å². The van der Waals surface area contributed by atoms with Crippen LogP contribution in [0.25, 0.3) is 28.0 Å². The summed E-state index contributed by atoms with van der Waals surface area (Å²) in [5, 5.41) is 8.73. The largest absolute Gasteiger partial charge is 0.464 e. The fraction of sp³-hybridized carbons (Fsp3) is 0.158. The Morgan fingerprint density at radius 3 is 2.58 bits per heavy atom. The number of fused-ring (bicyclic) bond motifs is 1. The molecule has 0 amide bonds. The van der Waals surface area contributed by atoms with Crippen LogP contribution in [0.15, 0.2) is 48.8 Å². The lowest BCUT2D eigenvalue weighted by Crippen LogP contribution is -2.10. The number of esters is 1. The van der Waals surface area contributed by atoms with Crippen molar-refractivity contribution in [2.75, 3.05) is 7.11 Å². The maximum absolute atomic E-state index is 12.3. The summed E-state index contributed by atoms with van der Waals surface area (Å²) in [6.45, 7) is 1.91. The van der Waals surface area contributed by atoms with Crippen molar-refractivity contribution in [1.82, 2.24) is 24.4 Å². The first kappa shape index (κ1) is 16.0. The van der Waals surface area contributed by atoms with Gasteiger partial charge >= 0.3 is 5.97 Å². The maximum Gasteiger partial charge on any atom is 0.356 e. The van der Waals surface area contributed by atoms with Crippen LogP contribution in [0.4, 0.5) is 0 Å². The molecule has 4 rings (SSSR count). The van der Waals surface area contributed by atoms with Crippen molar-refractivity contribution in [2.45, 2.75) is 6.92 Å². The molecule has 0 fully saturated rings. The number of aromatic nitrogens is 5. The van der Waals surface area contributed by atoms with Gasteiger partial charge in [0.15, 0.2) is 11.3 Å². The first-order chi connectivity index (χ1) is 12.6. The smallest absolute Gasteiger partial charge is 0.356 e. The molecule has 0 spiro atoms. The van der Waals surface area contributed by atoms with Gasteiger partial charge in [-0.15, -0.1) is 0 Å². The first-order valence-corrected chi connectivity index (χ1v) is 8.11. The molecule has 0 atom stereocenters. The molecule has 0 aliphatic heterocycles. The average Bonchev–Trinajstić information content (AvgIpc) is 3.23. The highest BCUT2D eigenvalue weighted by atomic mass is 16.5. The van der Waals surface area contributed by atoms with E-state index >= 15 is 0 Å². The van der Waals surface area contributed by atoms with Crippen molar-refractivity contribution >= 4 is 11.6 Å². The van der Waals surface area contributed by atoms with Gasteiger partial charge in [0, 0.05) is 24.4 Å². The molecule has 0 aliphatic rings. The monoisotopic (exact) mass is 347 g/mol. The summed E-state index contributed by atoms with van der Waals surface area (Å²) in [5.74, 6) is -0.470. The van der Waals surface area contributed by atoms with Gasteiger partial charge in [0.25, 0.3) is 0 Å². The van der Waals surface area contributed by atoms with E-state index in [2.05, 4.69) is 10.2 Å². The zero-order chi connectivity index (χ0) is 18.3. The molecule has 0 bridgehead atoms. The van der Waals surface area contributed by atoms with Crippen LogP contribution in [0.3, 0.4) is 0 Å². The molecule has 7 heteroatoms. The molecule has 26 heavy (non-hydrogen) atoms. The van der Waals surface area contributed by atoms with E-state index in [1.807, 2.05) is 50.5 Å². The maximum atomic E-state index is 12.3. The van der Waals surface area contributed by atoms with Gasteiger partial charge in [-0.2, -0.15) is 10.2 Å². The molecule has 0 saturated heterocycles. The minimum absolute atomic E-state index is 0.318. The molecule has 0 N–H and O–H groups in total. The van der Waals surface area contributed by atoms with E-state index in [0.717, 1.165) is 22.4 Å². The Hall–Kier alpha value is -3.48. The molecular formula is C19H17N5O2. The minimum atomic E-state index is -0.470. The van der Waals surface area contributed by atoms with E-state index in [-0.39, 0.29) is 0 Å². The molecule has 7 nitrogen and oxygen atoms in total. The molecule has 1 aromatic carbocycles. The normalized spacial score (nSPS) is 11.0. The number of benzene rings is 1. The van der Waals surface area contributed by atoms with Crippen LogP contribution in [-0.2, 0) is 11.8 Å². The predicted octanol–water partition coefficient (Wildman–Crippen LogP) is 2.89. The molecule has 130 valence electrons. The fourth-order valence-corrected chi connectivity index (χ4v) is 3.02. The second-order valence-electron chi connectivity index (χ2n) is 5.98. The van der Waals surface area contributed by atoms with Gasteiger partial charge in [0.05, 0.1) is 24.7 Å². The van der Waals surface area contributed by atoms with Crippen molar-refractivity contribution < 1.29 is 9.53 Å². The summed E-state index contributed by atoms with van der Waals surface area (Å²) in [5.41, 5.74) is 5.09. The molecule has 0 radical (unpaired) electrons. The number of carbonyl (C=O) groups excluding carboxylic acids is 1. The molecule has 0 unspecified atom stereocenters. The summed E-state index contributed by atoms with van der Waals surface area (Å²) >= 11 is 0. The van der Waals surface area contributed by atoms with E-state index in [4.69, 9.17) is 9.72 Å². The first-order valence-electron chi connectivity index (χ1n) is 8.11. The number of rotatable bonds is 3. The summed E-state index contributed by atoms with van der Waals surface area (Å²) < 4.78 is 8.18. The zero-order valence-electron chi connectivity index (χ0n) is 14.7. The third-order valence-electron chi connectivity index (χ3n) is 4.24. The van der Waals surface area contributed by atoms with Crippen LogP contribution in [-0.4, -0.2) is 37.5 Å². The Balaban J connectivity index is 2.02. The van der Waals surface area contributed by atoms with E-state index in [0.29, 0.717) is 17.0 Å². The SMILES string of the molecule is COC(=O)c1cc(-c2cn(C)nc2C)nc2c(-c3ccccc3)cnn12. The van der Waals surface area contributed by atoms with Crippen LogP contribution < -0.4 is 0 Å². The van der Waals surface area contributed by atoms with Crippen LogP contribution in [0.1, 0.15) is 16.2 Å². The van der Waals surface area contributed by atoms with E-state index in [1.54, 1.807) is 16.9 Å². The Kier molecular flexibility index (Phi) is 3.76. The van der Waals surface area contributed by atoms with Crippen LogP contribution in [0.2, 0.25) is 0 Å². The van der Waals surface area contributed by atoms with E-state index in [1.165, 1.54) is 11.6 Å². The van der Waals surface area contributed by atoms with Crippen molar-refractivity contribution in [3.63, 3.8) is 0 Å². The van der Waals surface area contributed by atoms with Crippen LogP contribution in [0.5, 0.6) is 0 Å². The van der Waals surface area contributed by atoms with Gasteiger partial charge in [-0.25, -0.2) is 14.3 Å². The second-order valence-corrected chi connectivity index (χ2v) is 5.98. The Morgan fingerprint density at radius 2 is 1.92 bits per heavy atom. The Morgan fingerprint density at radius 1 is 1.15 bits per heavy atom. The molecule has 4 aromatic rings. The van der Waals surface area contributed by atoms with Gasteiger partial charge in [-0.1, -0.05) is 30.3 Å². The summed E-state index contributed by atoms with van der Waals surface area (Å²) in [7, 11) is 3.20. The van der Waals surface area contributed by atoms with E-state index in [9.17, 15) is 4.79 Å². The zero-order valence-corrected chi connectivity index (χ0v) is 14.7. The lowest BCUT2D eigenvalue weighted by atomic mass is 10.1. The van der Waals surface area contributed by atoms with E-state index < -0.39 is 5.97 Å². The van der Waals surface area contributed by atoms with Crippen molar-refractivity contribution in [1.29, 1.82) is 0 Å². The molecule has 3 aromatic heterocycles. The van der Waals surface area contributed by atoms with Gasteiger partial charge < -0.3 is 4.74 Å². The second kappa shape index (κ2) is 6.11. The van der Waals surface area contributed by atoms with Gasteiger partial charge in [-0.05, 0) is 18.6 Å². The van der Waals surface area contributed by atoms with Crippen molar-refractivity contribution in [2.24, 2.45) is 7.05 Å². The van der Waals surface area contributed by atoms with Gasteiger partial charge in [-0.3, -0.25) is 4.68 Å². The predicted molar refractivity (Wildman–Crippen MR) is 96.7 cm³/mol. The van der Waals surface area contributed by atoms with Crippen molar-refractivity contribution in [3.05, 3.63) is 60.2 Å². The number of methoxy groups -OCH3 is 1. The summed E-state index contributed by atoms with van der Waals surface area (Å²) in [4.78, 5) is 17.1. The highest BCUT2D eigenvalue weighted by molar-refractivity contribution is 5.91. The quantitative estimate of drug-likeness (QED) is 0.533. The highest BCUT2D eigenvalue weighted by Gasteiger charge is 2.20.